The van der Waals surface area contributed by atoms with Gasteiger partial charge in [-0.3, -0.25) is 5.43 Å². The number of hydrogen-bond donors (Lipinski definition) is 1. The monoisotopic (exact) mass is 355 g/mol. The molecule has 0 unspecified atom stereocenters. The normalized spacial score (nSPS) is 11.1. The van der Waals surface area contributed by atoms with E-state index in [0.717, 1.165) is 34.1 Å². The molecule has 0 aliphatic carbocycles. The van der Waals surface area contributed by atoms with Crippen LogP contribution in [0.25, 0.3) is 0 Å². The molecule has 0 atom stereocenters. The number of thiazole rings is 1. The van der Waals surface area contributed by atoms with E-state index in [2.05, 4.69) is 33.5 Å². The van der Waals surface area contributed by atoms with Crippen molar-refractivity contribution in [1.29, 1.82) is 0 Å². The van der Waals surface area contributed by atoms with Gasteiger partial charge in [0.2, 0.25) is 5.13 Å². The van der Waals surface area contributed by atoms with Crippen LogP contribution in [-0.4, -0.2) is 27.4 Å². The fourth-order valence-corrected chi connectivity index (χ4v) is 2.94. The minimum atomic E-state index is 0.704. The lowest BCUT2D eigenvalue weighted by Crippen LogP contribution is -2.04. The number of aryl methyl sites for hydroxylation is 1. The second kappa shape index (κ2) is 8.43. The Morgan fingerprint density at radius 2 is 2.32 bits per heavy atom. The van der Waals surface area contributed by atoms with Gasteiger partial charge in [0.15, 0.2) is 0 Å². The summed E-state index contributed by atoms with van der Waals surface area (Å²) in [5, 5.41) is 7.04. The Hall–Kier alpha value is -2.67. The zero-order chi connectivity index (χ0) is 17.5. The molecule has 2 aromatic heterocycles. The van der Waals surface area contributed by atoms with E-state index < -0.39 is 0 Å². The van der Waals surface area contributed by atoms with Crippen LogP contribution in [0.2, 0.25) is 0 Å². The van der Waals surface area contributed by atoms with Crippen molar-refractivity contribution in [1.82, 2.24) is 14.5 Å². The van der Waals surface area contributed by atoms with Gasteiger partial charge in [0.1, 0.15) is 5.75 Å². The number of anilines is 1. The highest BCUT2D eigenvalue weighted by atomic mass is 32.1. The Morgan fingerprint density at radius 3 is 3.04 bits per heavy atom. The SMILES string of the molecule is CCCOc1ccc(C=NNc2nc(C)cs2)cc1Cn1ccnc1. The molecule has 7 heteroatoms. The Morgan fingerprint density at radius 1 is 1.40 bits per heavy atom. The number of benzene rings is 1. The largest absolute Gasteiger partial charge is 0.493 e. The number of hydrazone groups is 1. The number of nitrogens with one attached hydrogen (secondary N) is 1. The first-order chi connectivity index (χ1) is 12.2. The lowest BCUT2D eigenvalue weighted by atomic mass is 10.1. The van der Waals surface area contributed by atoms with E-state index in [1.165, 1.54) is 11.3 Å². The summed E-state index contributed by atoms with van der Waals surface area (Å²) in [6.45, 7) is 5.47. The molecule has 0 aliphatic heterocycles. The second-order valence-electron chi connectivity index (χ2n) is 5.61. The molecule has 0 radical (unpaired) electrons. The fraction of sp³-hybridized carbons (Fsp3) is 0.278. The van der Waals surface area contributed by atoms with Gasteiger partial charge in [-0.15, -0.1) is 11.3 Å². The van der Waals surface area contributed by atoms with Crippen molar-refractivity contribution >= 4 is 22.7 Å². The van der Waals surface area contributed by atoms with Crippen molar-refractivity contribution in [3.63, 3.8) is 0 Å². The van der Waals surface area contributed by atoms with Crippen molar-refractivity contribution in [2.75, 3.05) is 12.0 Å². The molecule has 0 fully saturated rings. The molecule has 25 heavy (non-hydrogen) atoms. The summed E-state index contributed by atoms with van der Waals surface area (Å²) in [6.07, 6.45) is 8.29. The molecule has 0 saturated carbocycles. The molecular formula is C18H21N5OS. The zero-order valence-electron chi connectivity index (χ0n) is 14.3. The highest BCUT2D eigenvalue weighted by molar-refractivity contribution is 7.13. The van der Waals surface area contributed by atoms with E-state index in [4.69, 9.17) is 4.74 Å². The quantitative estimate of drug-likeness (QED) is 0.491. The Kier molecular flexibility index (Phi) is 5.79. The second-order valence-corrected chi connectivity index (χ2v) is 6.47. The van der Waals surface area contributed by atoms with Crippen molar-refractivity contribution in [2.24, 2.45) is 5.10 Å². The molecule has 0 saturated heterocycles. The van der Waals surface area contributed by atoms with Crippen LogP contribution >= 0.6 is 11.3 Å². The molecular weight excluding hydrogens is 334 g/mol. The maximum atomic E-state index is 5.86. The topological polar surface area (TPSA) is 64.3 Å². The molecule has 130 valence electrons. The van der Waals surface area contributed by atoms with Gasteiger partial charge in [-0.25, -0.2) is 9.97 Å². The van der Waals surface area contributed by atoms with Crippen molar-refractivity contribution in [3.05, 3.63) is 59.1 Å². The number of nitrogens with zero attached hydrogens (tertiary/aromatic N) is 4. The molecule has 6 nitrogen and oxygen atoms in total. The predicted octanol–water partition coefficient (Wildman–Crippen LogP) is 3.93. The number of rotatable bonds is 8. The van der Waals surface area contributed by atoms with Gasteiger partial charge in [-0.2, -0.15) is 5.10 Å². The summed E-state index contributed by atoms with van der Waals surface area (Å²) in [5.74, 6) is 0.899. The van der Waals surface area contributed by atoms with E-state index in [1.807, 2.05) is 35.2 Å². The van der Waals surface area contributed by atoms with Crippen molar-refractivity contribution in [3.8, 4) is 5.75 Å². The summed E-state index contributed by atoms with van der Waals surface area (Å²) in [4.78, 5) is 8.42. The van der Waals surface area contributed by atoms with E-state index >= 15 is 0 Å². The van der Waals surface area contributed by atoms with Gasteiger partial charge in [-0.1, -0.05) is 6.92 Å². The molecule has 3 rings (SSSR count). The first-order valence-corrected chi connectivity index (χ1v) is 9.05. The van der Waals surface area contributed by atoms with Gasteiger partial charge in [0.05, 0.1) is 31.4 Å². The van der Waals surface area contributed by atoms with E-state index in [-0.39, 0.29) is 0 Å². The maximum Gasteiger partial charge on any atom is 0.203 e. The van der Waals surface area contributed by atoms with Gasteiger partial charge in [0.25, 0.3) is 0 Å². The zero-order valence-corrected chi connectivity index (χ0v) is 15.2. The van der Waals surface area contributed by atoms with E-state index in [0.29, 0.717) is 13.2 Å². The number of imidazole rings is 1. The van der Waals surface area contributed by atoms with Gasteiger partial charge in [0, 0.05) is 23.3 Å². The van der Waals surface area contributed by atoms with E-state index in [1.54, 1.807) is 18.7 Å². The number of ether oxygens (including phenoxy) is 1. The van der Waals surface area contributed by atoms with Gasteiger partial charge >= 0.3 is 0 Å². The third-order valence-corrected chi connectivity index (χ3v) is 4.32. The first kappa shape index (κ1) is 17.2. The smallest absolute Gasteiger partial charge is 0.203 e. The fourth-order valence-electron chi connectivity index (χ4n) is 2.30. The third-order valence-electron chi connectivity index (χ3n) is 3.45. The van der Waals surface area contributed by atoms with Crippen molar-refractivity contribution < 1.29 is 4.74 Å². The third kappa shape index (κ3) is 4.90. The summed E-state index contributed by atoms with van der Waals surface area (Å²) in [7, 11) is 0. The predicted molar refractivity (Wildman–Crippen MR) is 102 cm³/mol. The minimum Gasteiger partial charge on any atom is -0.493 e. The molecule has 0 bridgehead atoms. The molecule has 3 aromatic rings. The molecule has 1 aromatic carbocycles. The lowest BCUT2D eigenvalue weighted by molar-refractivity contribution is 0.313. The Bertz CT molecular complexity index is 826. The molecule has 0 aliphatic rings. The molecule has 0 spiro atoms. The minimum absolute atomic E-state index is 0.704. The highest BCUT2D eigenvalue weighted by Crippen LogP contribution is 2.21. The average molecular weight is 355 g/mol. The number of hydrogen-bond acceptors (Lipinski definition) is 6. The van der Waals surface area contributed by atoms with Crippen LogP contribution in [0.15, 0.2) is 47.4 Å². The van der Waals surface area contributed by atoms with Crippen LogP contribution in [0, 0.1) is 6.92 Å². The maximum absolute atomic E-state index is 5.86. The van der Waals surface area contributed by atoms with Gasteiger partial charge in [-0.05, 0) is 37.1 Å². The lowest BCUT2D eigenvalue weighted by Gasteiger charge is -2.12. The summed E-state index contributed by atoms with van der Waals surface area (Å²) in [5.41, 5.74) is 6.04. The Labute approximate surface area is 151 Å². The Balaban J connectivity index is 1.75. The van der Waals surface area contributed by atoms with Crippen LogP contribution < -0.4 is 10.2 Å². The molecule has 2 heterocycles. The summed E-state index contributed by atoms with van der Waals surface area (Å²) >= 11 is 1.54. The highest BCUT2D eigenvalue weighted by Gasteiger charge is 2.06. The standard InChI is InChI=1S/C18H21N5OS/c1-3-8-24-17-5-4-15(9-16(17)11-23-7-6-19-13-23)10-20-22-18-21-14(2)12-25-18/h4-7,9-10,12-13H,3,8,11H2,1-2H3,(H,21,22). The summed E-state index contributed by atoms with van der Waals surface area (Å²) in [6, 6.07) is 6.08. The van der Waals surface area contributed by atoms with Crippen molar-refractivity contribution in [2.45, 2.75) is 26.8 Å². The molecule has 1 N–H and O–H groups in total. The van der Waals surface area contributed by atoms with Crippen LogP contribution in [0.5, 0.6) is 5.75 Å². The van der Waals surface area contributed by atoms with Gasteiger partial charge < -0.3 is 9.30 Å². The van der Waals surface area contributed by atoms with Crippen LogP contribution in [-0.2, 0) is 6.54 Å². The molecule has 0 amide bonds. The van der Waals surface area contributed by atoms with Crippen LogP contribution in [0.4, 0.5) is 5.13 Å². The van der Waals surface area contributed by atoms with Crippen LogP contribution in [0.1, 0.15) is 30.2 Å². The van der Waals surface area contributed by atoms with Crippen LogP contribution in [0.3, 0.4) is 0 Å². The average Bonchev–Trinajstić information content (AvgIpc) is 3.26. The summed E-state index contributed by atoms with van der Waals surface area (Å²) < 4.78 is 7.88. The number of aromatic nitrogens is 3. The van der Waals surface area contributed by atoms with E-state index in [9.17, 15) is 0 Å². The first-order valence-electron chi connectivity index (χ1n) is 8.17.